The van der Waals surface area contributed by atoms with Crippen LogP contribution in [0, 0.1) is 5.95 Å². The van der Waals surface area contributed by atoms with Crippen molar-refractivity contribution in [3.63, 3.8) is 0 Å². The minimum atomic E-state index is -0.453. The molecule has 0 aliphatic carbocycles. The summed E-state index contributed by atoms with van der Waals surface area (Å²) in [7, 11) is 0. The van der Waals surface area contributed by atoms with E-state index in [1.807, 2.05) is 24.3 Å². The van der Waals surface area contributed by atoms with Crippen molar-refractivity contribution in [1.29, 1.82) is 0 Å². The number of anilines is 2. The first-order valence-corrected chi connectivity index (χ1v) is 6.64. The van der Waals surface area contributed by atoms with Crippen LogP contribution in [0.5, 0.6) is 5.75 Å². The van der Waals surface area contributed by atoms with Gasteiger partial charge in [0.25, 0.3) is 0 Å². The van der Waals surface area contributed by atoms with E-state index in [1.165, 1.54) is 6.07 Å². The van der Waals surface area contributed by atoms with E-state index in [9.17, 15) is 9.50 Å². The minimum Gasteiger partial charge on any atom is -0.506 e. The van der Waals surface area contributed by atoms with Crippen LogP contribution in [0.15, 0.2) is 42.5 Å². The number of pyridine rings is 1. The van der Waals surface area contributed by atoms with Crippen molar-refractivity contribution in [2.24, 2.45) is 0 Å². The molecule has 104 valence electrons. The number of phenolic OH excluding ortho intramolecular Hbond substituents is 1. The average molecular weight is 273 g/mol. The molecule has 5 heteroatoms. The molecule has 0 radical (unpaired) electrons. The van der Waals surface area contributed by atoms with Gasteiger partial charge in [-0.1, -0.05) is 18.2 Å². The van der Waals surface area contributed by atoms with Crippen LogP contribution < -0.4 is 9.80 Å². The van der Waals surface area contributed by atoms with E-state index in [1.54, 1.807) is 12.1 Å². The lowest BCUT2D eigenvalue weighted by Gasteiger charge is -2.36. The first kappa shape index (κ1) is 12.7. The largest absolute Gasteiger partial charge is 0.506 e. The van der Waals surface area contributed by atoms with Crippen LogP contribution in [0.1, 0.15) is 0 Å². The summed E-state index contributed by atoms with van der Waals surface area (Å²) in [5.74, 6) is 0.511. The van der Waals surface area contributed by atoms with Crippen molar-refractivity contribution < 1.29 is 9.50 Å². The van der Waals surface area contributed by atoms with Crippen LogP contribution in [-0.2, 0) is 0 Å². The van der Waals surface area contributed by atoms with E-state index < -0.39 is 5.95 Å². The molecule has 1 N–H and O–H groups in total. The summed E-state index contributed by atoms with van der Waals surface area (Å²) in [6.45, 7) is 3.06. The Morgan fingerprint density at radius 2 is 1.60 bits per heavy atom. The number of rotatable bonds is 2. The zero-order chi connectivity index (χ0) is 13.9. The Balaban J connectivity index is 1.70. The number of hydrogen-bond donors (Lipinski definition) is 1. The predicted molar refractivity (Wildman–Crippen MR) is 76.7 cm³/mol. The van der Waals surface area contributed by atoms with Gasteiger partial charge in [-0.25, -0.2) is 4.98 Å². The van der Waals surface area contributed by atoms with Crippen molar-refractivity contribution in [1.82, 2.24) is 4.98 Å². The molecule has 0 atom stereocenters. The van der Waals surface area contributed by atoms with Gasteiger partial charge in [0.15, 0.2) is 0 Å². The van der Waals surface area contributed by atoms with Gasteiger partial charge >= 0.3 is 0 Å². The zero-order valence-corrected chi connectivity index (χ0v) is 11.0. The zero-order valence-electron chi connectivity index (χ0n) is 11.0. The first-order valence-electron chi connectivity index (χ1n) is 6.64. The standard InChI is InChI=1S/C15H16FN3O/c16-14-6-3-7-15(17-14)19-10-8-18(9-11-19)12-4-1-2-5-13(12)20/h1-7,20H,8-11H2. The van der Waals surface area contributed by atoms with E-state index in [4.69, 9.17) is 0 Å². The smallest absolute Gasteiger partial charge is 0.214 e. The quantitative estimate of drug-likeness (QED) is 0.852. The van der Waals surface area contributed by atoms with Gasteiger partial charge in [-0.2, -0.15) is 4.39 Å². The molecule has 0 unspecified atom stereocenters. The summed E-state index contributed by atoms with van der Waals surface area (Å²) in [6, 6.07) is 12.2. The fourth-order valence-electron chi connectivity index (χ4n) is 2.48. The molecule has 0 spiro atoms. The molecule has 1 saturated heterocycles. The number of aromatic nitrogens is 1. The maximum absolute atomic E-state index is 13.1. The minimum absolute atomic E-state index is 0.296. The summed E-state index contributed by atoms with van der Waals surface area (Å²) < 4.78 is 13.1. The Labute approximate surface area is 117 Å². The molecule has 0 amide bonds. The Morgan fingerprint density at radius 1 is 0.900 bits per heavy atom. The van der Waals surface area contributed by atoms with Gasteiger partial charge in [-0.15, -0.1) is 0 Å². The van der Waals surface area contributed by atoms with Gasteiger partial charge in [-0.3, -0.25) is 0 Å². The SMILES string of the molecule is Oc1ccccc1N1CCN(c2cccc(F)n2)CC1. The highest BCUT2D eigenvalue weighted by Crippen LogP contribution is 2.27. The highest BCUT2D eigenvalue weighted by molar-refractivity contribution is 5.58. The van der Waals surface area contributed by atoms with Gasteiger partial charge in [0.05, 0.1) is 5.69 Å². The third-order valence-electron chi connectivity index (χ3n) is 3.53. The molecule has 20 heavy (non-hydrogen) atoms. The fraction of sp³-hybridized carbons (Fsp3) is 0.267. The molecule has 1 fully saturated rings. The molecule has 0 saturated carbocycles. The highest BCUT2D eigenvalue weighted by Gasteiger charge is 2.20. The summed E-state index contributed by atoms with van der Waals surface area (Å²) in [5, 5.41) is 9.86. The lowest BCUT2D eigenvalue weighted by molar-refractivity contribution is 0.472. The third kappa shape index (κ3) is 2.52. The molecule has 3 rings (SSSR count). The lowest BCUT2D eigenvalue weighted by atomic mass is 10.2. The second-order valence-electron chi connectivity index (χ2n) is 4.78. The fourth-order valence-corrected chi connectivity index (χ4v) is 2.48. The van der Waals surface area contributed by atoms with Crippen LogP contribution in [0.25, 0.3) is 0 Å². The Morgan fingerprint density at radius 3 is 2.30 bits per heavy atom. The molecule has 2 aromatic rings. The van der Waals surface area contributed by atoms with E-state index >= 15 is 0 Å². The van der Waals surface area contributed by atoms with Crippen LogP contribution in [0.2, 0.25) is 0 Å². The van der Waals surface area contributed by atoms with E-state index in [2.05, 4.69) is 14.8 Å². The van der Waals surface area contributed by atoms with Crippen molar-refractivity contribution >= 4 is 11.5 Å². The molecule has 2 heterocycles. The maximum atomic E-state index is 13.1. The highest BCUT2D eigenvalue weighted by atomic mass is 19.1. The van der Waals surface area contributed by atoms with Gasteiger partial charge in [0, 0.05) is 26.2 Å². The third-order valence-corrected chi connectivity index (χ3v) is 3.53. The van der Waals surface area contributed by atoms with E-state index in [0.29, 0.717) is 11.6 Å². The van der Waals surface area contributed by atoms with Crippen molar-refractivity contribution in [3.8, 4) is 5.75 Å². The maximum Gasteiger partial charge on any atom is 0.214 e. The number of phenols is 1. The van der Waals surface area contributed by atoms with Gasteiger partial charge < -0.3 is 14.9 Å². The Bertz CT molecular complexity index is 597. The molecule has 1 aliphatic heterocycles. The molecular formula is C15H16FN3O. The second kappa shape index (κ2) is 5.36. The van der Waals surface area contributed by atoms with Gasteiger partial charge in [0.1, 0.15) is 11.6 Å². The van der Waals surface area contributed by atoms with Crippen LogP contribution in [-0.4, -0.2) is 36.3 Å². The lowest BCUT2D eigenvalue weighted by Crippen LogP contribution is -2.46. The molecule has 1 aromatic heterocycles. The van der Waals surface area contributed by atoms with Crippen LogP contribution in [0.4, 0.5) is 15.9 Å². The van der Waals surface area contributed by atoms with Crippen molar-refractivity contribution in [3.05, 3.63) is 48.4 Å². The van der Waals surface area contributed by atoms with Crippen LogP contribution >= 0.6 is 0 Å². The summed E-state index contributed by atoms with van der Waals surface area (Å²) >= 11 is 0. The van der Waals surface area contributed by atoms with Gasteiger partial charge in [-0.05, 0) is 24.3 Å². The first-order chi connectivity index (χ1) is 9.74. The normalized spacial score (nSPS) is 15.4. The number of piperazine rings is 1. The van der Waals surface area contributed by atoms with Crippen molar-refractivity contribution in [2.45, 2.75) is 0 Å². The molecular weight excluding hydrogens is 257 g/mol. The Kier molecular flexibility index (Phi) is 3.41. The number of para-hydroxylation sites is 2. The molecule has 1 aliphatic rings. The number of hydrogen-bond acceptors (Lipinski definition) is 4. The van der Waals surface area contributed by atoms with Crippen LogP contribution in [0.3, 0.4) is 0 Å². The molecule has 0 bridgehead atoms. The van der Waals surface area contributed by atoms with E-state index in [0.717, 1.165) is 31.9 Å². The number of aromatic hydroxyl groups is 1. The number of nitrogens with zero attached hydrogens (tertiary/aromatic N) is 3. The number of benzene rings is 1. The summed E-state index contributed by atoms with van der Waals surface area (Å²) in [4.78, 5) is 8.09. The topological polar surface area (TPSA) is 39.6 Å². The summed E-state index contributed by atoms with van der Waals surface area (Å²) in [5.41, 5.74) is 0.847. The van der Waals surface area contributed by atoms with E-state index in [-0.39, 0.29) is 0 Å². The Hall–Kier alpha value is -2.30. The summed E-state index contributed by atoms with van der Waals surface area (Å²) in [6.07, 6.45) is 0. The number of halogens is 1. The van der Waals surface area contributed by atoms with Crippen molar-refractivity contribution in [2.75, 3.05) is 36.0 Å². The average Bonchev–Trinajstić information content (AvgIpc) is 2.48. The van der Waals surface area contributed by atoms with Gasteiger partial charge in [0.2, 0.25) is 5.95 Å². The second-order valence-corrected chi connectivity index (χ2v) is 4.78. The predicted octanol–water partition coefficient (Wildman–Crippen LogP) is 2.25. The molecule has 1 aromatic carbocycles. The monoisotopic (exact) mass is 273 g/mol. The molecule has 4 nitrogen and oxygen atoms in total.